The molecule has 0 spiro atoms. The van der Waals surface area contributed by atoms with Crippen molar-refractivity contribution in [3.8, 4) is 11.5 Å². The zero-order valence-corrected chi connectivity index (χ0v) is 16.6. The van der Waals surface area contributed by atoms with Crippen molar-refractivity contribution in [3.05, 3.63) is 77.5 Å². The molecule has 3 rings (SSSR count). The average molecular weight is 406 g/mol. The quantitative estimate of drug-likeness (QED) is 0.731. The van der Waals surface area contributed by atoms with Gasteiger partial charge in [0.05, 0.1) is 17.3 Å². The van der Waals surface area contributed by atoms with E-state index in [9.17, 15) is 8.42 Å². The van der Waals surface area contributed by atoms with E-state index in [1.165, 1.54) is 0 Å². The molecule has 27 heavy (non-hydrogen) atoms. The van der Waals surface area contributed by atoms with Crippen LogP contribution in [0.4, 0.5) is 5.69 Å². The van der Waals surface area contributed by atoms with Gasteiger partial charge in [-0.2, -0.15) is 12.3 Å². The second-order valence-electron chi connectivity index (χ2n) is 6.11. The van der Waals surface area contributed by atoms with Gasteiger partial charge in [-0.15, -0.1) is 0 Å². The zero-order valence-electron chi connectivity index (χ0n) is 15.0. The van der Waals surface area contributed by atoms with Crippen molar-refractivity contribution < 1.29 is 13.2 Å². The summed E-state index contributed by atoms with van der Waals surface area (Å²) in [5.74, 6) is 1.10. The minimum atomic E-state index is -3.55. The van der Waals surface area contributed by atoms with E-state index < -0.39 is 10.0 Å². The Hall–Kier alpha value is -2.12. The van der Waals surface area contributed by atoms with Crippen LogP contribution in [0.2, 0.25) is 5.02 Å². The minimum Gasteiger partial charge on any atom is -0.456 e. The van der Waals surface area contributed by atoms with E-state index in [1.807, 2.05) is 42.5 Å². The average Bonchev–Trinajstić information content (AvgIpc) is 2.70. The maximum atomic E-state index is 13.1. The molecule has 0 fully saturated rings. The largest absolute Gasteiger partial charge is 0.456 e. The molecule has 1 atom stereocenters. The van der Waals surface area contributed by atoms with Gasteiger partial charge in [-0.25, -0.2) is 0 Å². The molecule has 1 aliphatic rings. The fourth-order valence-corrected chi connectivity index (χ4v) is 5.09. The first-order chi connectivity index (χ1) is 12.9. The van der Waals surface area contributed by atoms with Crippen LogP contribution in [-0.2, 0) is 10.0 Å². The molecule has 0 saturated heterocycles. The lowest BCUT2D eigenvalue weighted by Gasteiger charge is -2.37. The van der Waals surface area contributed by atoms with Crippen molar-refractivity contribution in [2.24, 2.45) is 5.73 Å². The number of para-hydroxylation sites is 1. The number of allylic oxidation sites excluding steroid dienone is 2. The van der Waals surface area contributed by atoms with Crippen molar-refractivity contribution in [2.75, 3.05) is 18.8 Å². The first kappa shape index (κ1) is 19.6. The summed E-state index contributed by atoms with van der Waals surface area (Å²) < 4.78 is 31.7. The van der Waals surface area contributed by atoms with E-state index in [1.54, 1.807) is 31.2 Å². The van der Waals surface area contributed by atoms with Gasteiger partial charge in [0.25, 0.3) is 0 Å². The van der Waals surface area contributed by atoms with Gasteiger partial charge < -0.3 is 10.5 Å². The summed E-state index contributed by atoms with van der Waals surface area (Å²) in [7, 11) is -3.55. The van der Waals surface area contributed by atoms with Crippen molar-refractivity contribution in [1.29, 1.82) is 0 Å². The number of ether oxygens (including phenoxy) is 1. The summed E-state index contributed by atoms with van der Waals surface area (Å²) in [6.07, 6.45) is 5.42. The number of halogens is 1. The van der Waals surface area contributed by atoms with Crippen LogP contribution in [0.25, 0.3) is 0 Å². The smallest absolute Gasteiger partial charge is 0.306 e. The van der Waals surface area contributed by atoms with Crippen LogP contribution in [0.15, 0.2) is 72.5 Å². The van der Waals surface area contributed by atoms with Crippen molar-refractivity contribution >= 4 is 27.3 Å². The van der Waals surface area contributed by atoms with E-state index in [-0.39, 0.29) is 22.7 Å². The molecule has 1 aliphatic heterocycles. The Labute approximate surface area is 165 Å². The molecule has 2 aromatic rings. The number of sulfonamides is 1. The van der Waals surface area contributed by atoms with Gasteiger partial charge in [-0.05, 0) is 37.3 Å². The molecule has 0 aliphatic carbocycles. The molecule has 1 heterocycles. The first-order valence-electron chi connectivity index (χ1n) is 8.65. The number of hydrogen-bond acceptors (Lipinski definition) is 4. The molecule has 0 saturated carbocycles. The Morgan fingerprint density at radius 3 is 2.56 bits per heavy atom. The molecule has 0 amide bonds. The Morgan fingerprint density at radius 1 is 1.19 bits per heavy atom. The van der Waals surface area contributed by atoms with Gasteiger partial charge >= 0.3 is 10.0 Å². The van der Waals surface area contributed by atoms with E-state index in [0.29, 0.717) is 27.9 Å². The standard InChI is InChI=1S/C20H22ClN2O3S/c1-2-27(24,25)23(13-7-6-8-17(23)15-22)16-11-12-20(19(21)14-16)26-18-9-4-3-5-10-18/h3-12,14H,2,13,15,22H2,1H3/q+1. The van der Waals surface area contributed by atoms with Gasteiger partial charge in [0.2, 0.25) is 0 Å². The SMILES string of the molecule is CCS(=O)(=O)[N+]1(c2ccc(Oc3ccccc3)c(Cl)c2)CC=CC=C1CN. The topological polar surface area (TPSA) is 69.4 Å². The molecule has 5 nitrogen and oxygen atoms in total. The zero-order chi connectivity index (χ0) is 19.5. The lowest BCUT2D eigenvalue weighted by atomic mass is 10.2. The molecule has 0 bridgehead atoms. The van der Waals surface area contributed by atoms with Gasteiger partial charge in [-0.1, -0.05) is 35.9 Å². The number of hydrogen-bond donors (Lipinski definition) is 1. The second-order valence-corrected chi connectivity index (χ2v) is 8.88. The molecular formula is C20H22ClN2O3S+. The molecule has 7 heteroatoms. The van der Waals surface area contributed by atoms with Crippen LogP contribution < -0.4 is 14.4 Å². The van der Waals surface area contributed by atoms with Gasteiger partial charge in [0, 0.05) is 12.1 Å². The molecule has 0 radical (unpaired) electrons. The Balaban J connectivity index is 2.08. The van der Waals surface area contributed by atoms with Crippen LogP contribution >= 0.6 is 11.6 Å². The minimum absolute atomic E-state index is 0.0158. The van der Waals surface area contributed by atoms with Gasteiger partial charge in [0.1, 0.15) is 23.7 Å². The molecular weight excluding hydrogens is 384 g/mol. The molecule has 2 N–H and O–H groups in total. The third kappa shape index (κ3) is 3.53. The van der Waals surface area contributed by atoms with E-state index in [2.05, 4.69) is 0 Å². The molecule has 142 valence electrons. The molecule has 2 aromatic carbocycles. The van der Waals surface area contributed by atoms with E-state index in [0.717, 1.165) is 0 Å². The monoisotopic (exact) mass is 405 g/mol. The maximum absolute atomic E-state index is 13.1. The number of benzene rings is 2. The van der Waals surface area contributed by atoms with E-state index >= 15 is 0 Å². The second kappa shape index (κ2) is 7.86. The van der Waals surface area contributed by atoms with Crippen molar-refractivity contribution in [3.63, 3.8) is 0 Å². The highest BCUT2D eigenvalue weighted by Gasteiger charge is 2.46. The summed E-state index contributed by atoms with van der Waals surface area (Å²) in [6.45, 7) is 2.04. The molecule has 1 unspecified atom stereocenters. The number of nitrogens with two attached hydrogens (primary N) is 1. The Bertz CT molecular complexity index is 988. The third-order valence-corrected chi connectivity index (χ3v) is 7.17. The predicted octanol–water partition coefficient (Wildman–Crippen LogP) is 4.20. The number of rotatable bonds is 6. The number of quaternary nitrogens is 1. The summed E-state index contributed by atoms with van der Waals surface area (Å²) in [5.41, 5.74) is 7.05. The van der Waals surface area contributed by atoms with Crippen LogP contribution in [0.1, 0.15) is 6.92 Å². The van der Waals surface area contributed by atoms with E-state index in [4.69, 9.17) is 22.1 Å². The number of nitrogens with zero attached hydrogens (tertiary/aromatic N) is 1. The summed E-state index contributed by atoms with van der Waals surface area (Å²) in [5, 5.41) is 0.339. The summed E-state index contributed by atoms with van der Waals surface area (Å²) >= 11 is 6.45. The highest BCUT2D eigenvalue weighted by molar-refractivity contribution is 7.91. The lowest BCUT2D eigenvalue weighted by molar-refractivity contribution is 0.476. The van der Waals surface area contributed by atoms with Crippen molar-refractivity contribution in [1.82, 2.24) is 3.89 Å². The maximum Gasteiger partial charge on any atom is 0.306 e. The predicted molar refractivity (Wildman–Crippen MR) is 110 cm³/mol. The van der Waals surface area contributed by atoms with Gasteiger partial charge in [0.15, 0.2) is 5.69 Å². The van der Waals surface area contributed by atoms with Crippen molar-refractivity contribution in [2.45, 2.75) is 6.92 Å². The Morgan fingerprint density at radius 2 is 1.93 bits per heavy atom. The fourth-order valence-electron chi connectivity index (χ4n) is 3.20. The van der Waals surface area contributed by atoms with Crippen LogP contribution in [0.3, 0.4) is 0 Å². The summed E-state index contributed by atoms with van der Waals surface area (Å²) in [6, 6.07) is 14.4. The first-order valence-corrected chi connectivity index (χ1v) is 10.6. The van der Waals surface area contributed by atoms with Gasteiger partial charge in [-0.3, -0.25) is 0 Å². The highest BCUT2D eigenvalue weighted by Crippen LogP contribution is 2.40. The van der Waals surface area contributed by atoms with Crippen LogP contribution in [0, 0.1) is 0 Å². The fraction of sp³-hybridized carbons (Fsp3) is 0.200. The molecule has 0 aromatic heterocycles. The third-order valence-electron chi connectivity index (χ3n) is 4.60. The van der Waals surface area contributed by atoms with Crippen LogP contribution in [-0.4, -0.2) is 27.3 Å². The summed E-state index contributed by atoms with van der Waals surface area (Å²) in [4.78, 5) is 0. The van der Waals surface area contributed by atoms with Crippen LogP contribution in [0.5, 0.6) is 11.5 Å². The normalized spacial score (nSPS) is 19.6. The highest BCUT2D eigenvalue weighted by atomic mass is 35.5. The lowest BCUT2D eigenvalue weighted by Crippen LogP contribution is -2.56. The Kier molecular flexibility index (Phi) is 5.72.